The average molecular weight is 571 g/mol. The van der Waals surface area contributed by atoms with Gasteiger partial charge >= 0.3 is 0 Å². The van der Waals surface area contributed by atoms with Gasteiger partial charge in [0.25, 0.3) is 0 Å². The Bertz CT molecular complexity index is 1510. The summed E-state index contributed by atoms with van der Waals surface area (Å²) in [5.74, 6) is 1.93. The molecule has 42 heavy (non-hydrogen) atoms. The van der Waals surface area contributed by atoms with Crippen LogP contribution in [0, 0.1) is 0 Å². The number of hydrogen-bond donors (Lipinski definition) is 3. The fourth-order valence-electron chi connectivity index (χ4n) is 4.83. The number of methoxy groups -OCH3 is 1. The van der Waals surface area contributed by atoms with Crippen molar-refractivity contribution in [2.24, 2.45) is 0 Å². The largest absolute Gasteiger partial charge is 0.493 e. The molecule has 2 amide bonds. The summed E-state index contributed by atoms with van der Waals surface area (Å²) in [4.78, 5) is 41.3. The summed E-state index contributed by atoms with van der Waals surface area (Å²) < 4.78 is 13.6. The van der Waals surface area contributed by atoms with Gasteiger partial charge in [-0.15, -0.1) is 0 Å². The van der Waals surface area contributed by atoms with Gasteiger partial charge in [0, 0.05) is 50.2 Å². The van der Waals surface area contributed by atoms with Crippen molar-refractivity contribution in [2.45, 2.75) is 25.4 Å². The minimum atomic E-state index is -0.772. The highest BCUT2D eigenvalue weighted by Gasteiger charge is 2.23. The SMILES string of the molecule is COc1ccc2cc1OCCCN(c1ccnc(N)n1)CC(=O)N[C@@H](Cc1ccccc1)C(=O)NCCn1ccnc1-2. The van der Waals surface area contributed by atoms with E-state index in [4.69, 9.17) is 15.2 Å². The molecule has 12 heteroatoms. The molecule has 0 aliphatic carbocycles. The van der Waals surface area contributed by atoms with E-state index in [1.54, 1.807) is 30.5 Å². The zero-order valence-electron chi connectivity index (χ0n) is 23.4. The first-order chi connectivity index (χ1) is 20.5. The molecule has 3 heterocycles. The monoisotopic (exact) mass is 570 g/mol. The Morgan fingerprint density at radius 2 is 1.93 bits per heavy atom. The fourth-order valence-corrected chi connectivity index (χ4v) is 4.83. The molecule has 2 aromatic heterocycles. The van der Waals surface area contributed by atoms with Gasteiger partial charge in [-0.3, -0.25) is 9.59 Å². The number of nitrogen functional groups attached to an aromatic ring is 1. The Labute approximate surface area is 243 Å². The zero-order chi connectivity index (χ0) is 29.3. The third-order valence-electron chi connectivity index (χ3n) is 6.87. The van der Waals surface area contributed by atoms with E-state index in [0.717, 1.165) is 17.0 Å². The molecule has 0 fully saturated rings. The van der Waals surface area contributed by atoms with Gasteiger partial charge in [-0.2, -0.15) is 4.98 Å². The summed E-state index contributed by atoms with van der Waals surface area (Å²) in [5.41, 5.74) is 7.63. The molecule has 12 nitrogen and oxygen atoms in total. The van der Waals surface area contributed by atoms with E-state index in [1.165, 1.54) is 0 Å². The Morgan fingerprint density at radius 1 is 1.07 bits per heavy atom. The first kappa shape index (κ1) is 28.4. The van der Waals surface area contributed by atoms with Gasteiger partial charge < -0.3 is 35.3 Å². The molecule has 218 valence electrons. The number of anilines is 2. The van der Waals surface area contributed by atoms with Crippen molar-refractivity contribution in [2.75, 3.05) is 44.0 Å². The lowest BCUT2D eigenvalue weighted by atomic mass is 10.1. The number of ether oxygens (including phenoxy) is 2. The van der Waals surface area contributed by atoms with Crippen molar-refractivity contribution in [1.29, 1.82) is 0 Å². The third kappa shape index (κ3) is 7.14. The molecular formula is C30H34N8O4. The summed E-state index contributed by atoms with van der Waals surface area (Å²) in [6, 6.07) is 16.2. The Balaban J connectivity index is 1.44. The molecule has 2 bridgehead atoms. The van der Waals surface area contributed by atoms with E-state index in [2.05, 4.69) is 25.6 Å². The standard InChI is InChI=1S/C30H34N8O4/c1-41-24-9-8-22-19-25(24)42-17-5-14-38(26-10-11-34-30(31)36-26)20-27(39)35-23(18-21-6-3-2-4-7-21)29(40)33-13-16-37-15-12-32-28(22)37/h2-4,6-12,15,19,23H,5,13-14,16-18,20H2,1H3,(H,33,40)(H,35,39)(H2,31,34,36)/t23-/m0/s1. The van der Waals surface area contributed by atoms with Crippen molar-refractivity contribution < 1.29 is 19.1 Å². The van der Waals surface area contributed by atoms with Crippen molar-refractivity contribution >= 4 is 23.6 Å². The number of hydrogen-bond acceptors (Lipinski definition) is 9. The van der Waals surface area contributed by atoms with Crippen LogP contribution in [0.3, 0.4) is 0 Å². The summed E-state index contributed by atoms with van der Waals surface area (Å²) in [7, 11) is 1.59. The third-order valence-corrected chi connectivity index (χ3v) is 6.87. The van der Waals surface area contributed by atoms with Gasteiger partial charge in [0.2, 0.25) is 17.8 Å². The van der Waals surface area contributed by atoms with Crippen LogP contribution in [0.2, 0.25) is 0 Å². The van der Waals surface area contributed by atoms with Gasteiger partial charge in [-0.05, 0) is 36.2 Å². The summed E-state index contributed by atoms with van der Waals surface area (Å²) in [6.07, 6.45) is 6.04. The molecule has 4 N–H and O–H groups in total. The minimum Gasteiger partial charge on any atom is -0.493 e. The van der Waals surface area contributed by atoms with Gasteiger partial charge in [0.15, 0.2) is 11.5 Å². The first-order valence-corrected chi connectivity index (χ1v) is 13.8. The van der Waals surface area contributed by atoms with Crippen LogP contribution in [-0.2, 0) is 22.6 Å². The normalized spacial score (nSPS) is 16.7. The molecule has 0 spiro atoms. The number of nitrogens with zero attached hydrogens (tertiary/aromatic N) is 5. The Kier molecular flexibility index (Phi) is 9.12. The van der Waals surface area contributed by atoms with E-state index in [1.807, 2.05) is 59.3 Å². The lowest BCUT2D eigenvalue weighted by Crippen LogP contribution is -2.51. The first-order valence-electron chi connectivity index (χ1n) is 13.8. The van der Waals surface area contributed by atoms with Gasteiger partial charge in [0.1, 0.15) is 17.7 Å². The highest BCUT2D eigenvalue weighted by Crippen LogP contribution is 2.32. The predicted molar refractivity (Wildman–Crippen MR) is 158 cm³/mol. The van der Waals surface area contributed by atoms with E-state index in [9.17, 15) is 9.59 Å². The average Bonchev–Trinajstić information content (AvgIpc) is 3.47. The number of aromatic nitrogens is 4. The Hall–Kier alpha value is -5.13. The second-order valence-electron chi connectivity index (χ2n) is 9.81. The number of nitrogens with two attached hydrogens (primary N) is 1. The van der Waals surface area contributed by atoms with E-state index in [0.29, 0.717) is 56.4 Å². The molecule has 5 rings (SSSR count). The van der Waals surface area contributed by atoms with E-state index in [-0.39, 0.29) is 24.3 Å². The van der Waals surface area contributed by atoms with Crippen molar-refractivity contribution in [3.63, 3.8) is 0 Å². The molecule has 1 aliphatic heterocycles. The number of benzene rings is 2. The summed E-state index contributed by atoms with van der Waals surface area (Å²) in [5, 5.41) is 5.92. The smallest absolute Gasteiger partial charge is 0.242 e. The van der Waals surface area contributed by atoms with Crippen LogP contribution in [0.4, 0.5) is 11.8 Å². The van der Waals surface area contributed by atoms with Gasteiger partial charge in [-0.25, -0.2) is 9.97 Å². The second-order valence-corrected chi connectivity index (χ2v) is 9.81. The maximum Gasteiger partial charge on any atom is 0.242 e. The molecule has 0 saturated carbocycles. The van der Waals surface area contributed by atoms with Crippen molar-refractivity contribution in [3.8, 4) is 22.9 Å². The fraction of sp³-hybridized carbons (Fsp3) is 0.300. The molecule has 0 saturated heterocycles. The van der Waals surface area contributed by atoms with Crippen LogP contribution in [0.15, 0.2) is 73.2 Å². The second kappa shape index (κ2) is 13.5. The summed E-state index contributed by atoms with van der Waals surface area (Å²) >= 11 is 0. The van der Waals surface area contributed by atoms with Gasteiger partial charge in [0.05, 0.1) is 20.3 Å². The molecule has 0 unspecified atom stereocenters. The number of carbonyl (C=O) groups is 2. The summed E-state index contributed by atoms with van der Waals surface area (Å²) in [6.45, 7) is 1.58. The molecular weight excluding hydrogens is 536 g/mol. The number of rotatable bonds is 4. The number of imidazole rings is 1. The lowest BCUT2D eigenvalue weighted by Gasteiger charge is -2.25. The van der Waals surface area contributed by atoms with Crippen molar-refractivity contribution in [1.82, 2.24) is 30.2 Å². The number of amides is 2. The predicted octanol–water partition coefficient (Wildman–Crippen LogP) is 2.06. The molecule has 2 aromatic carbocycles. The topological polar surface area (TPSA) is 150 Å². The maximum absolute atomic E-state index is 13.4. The maximum atomic E-state index is 13.4. The molecule has 1 aliphatic rings. The van der Waals surface area contributed by atoms with Crippen LogP contribution < -0.4 is 30.7 Å². The van der Waals surface area contributed by atoms with Crippen molar-refractivity contribution in [3.05, 3.63) is 78.8 Å². The number of fused-ring (bicyclic) bond motifs is 4. The molecule has 0 radical (unpaired) electrons. The van der Waals surface area contributed by atoms with Gasteiger partial charge in [-0.1, -0.05) is 30.3 Å². The van der Waals surface area contributed by atoms with E-state index < -0.39 is 6.04 Å². The minimum absolute atomic E-state index is 0.0355. The molecule has 1 atom stereocenters. The highest BCUT2D eigenvalue weighted by atomic mass is 16.5. The highest BCUT2D eigenvalue weighted by molar-refractivity contribution is 5.89. The zero-order valence-corrected chi connectivity index (χ0v) is 23.4. The van der Waals surface area contributed by atoms with Crippen LogP contribution >= 0.6 is 0 Å². The van der Waals surface area contributed by atoms with Crippen LogP contribution in [0.25, 0.3) is 11.4 Å². The molecule has 4 aromatic rings. The van der Waals surface area contributed by atoms with Crippen LogP contribution in [-0.4, -0.2) is 70.7 Å². The lowest BCUT2D eigenvalue weighted by molar-refractivity contribution is -0.128. The van der Waals surface area contributed by atoms with Crippen LogP contribution in [0.5, 0.6) is 11.5 Å². The number of nitrogens with one attached hydrogen (secondary N) is 2. The van der Waals surface area contributed by atoms with Crippen LogP contribution in [0.1, 0.15) is 12.0 Å². The number of carbonyl (C=O) groups excluding carboxylic acids is 2. The quantitative estimate of drug-likeness (QED) is 0.335. The Morgan fingerprint density at radius 3 is 2.74 bits per heavy atom. The van der Waals surface area contributed by atoms with E-state index >= 15 is 0 Å².